The molecule has 26 heavy (non-hydrogen) atoms. The van der Waals surface area contributed by atoms with Gasteiger partial charge in [0, 0.05) is 5.56 Å². The van der Waals surface area contributed by atoms with Crippen LogP contribution in [0.15, 0.2) is 41.5 Å². The highest BCUT2D eigenvalue weighted by molar-refractivity contribution is 5.96. The summed E-state index contributed by atoms with van der Waals surface area (Å²) in [7, 11) is 4.48. The molecule has 0 spiro atoms. The van der Waals surface area contributed by atoms with Crippen LogP contribution in [0.25, 0.3) is 0 Å². The van der Waals surface area contributed by atoms with E-state index in [0.29, 0.717) is 29.4 Å². The van der Waals surface area contributed by atoms with Gasteiger partial charge >= 0.3 is 0 Å². The Kier molecular flexibility index (Phi) is 6.84. The topological polar surface area (TPSA) is 78.4 Å². The molecular formula is C19H22N2O5. The van der Waals surface area contributed by atoms with Gasteiger partial charge in [0.05, 0.1) is 34.2 Å². The summed E-state index contributed by atoms with van der Waals surface area (Å²) in [5, 5.41) is 3.97. The Balaban J connectivity index is 2.09. The van der Waals surface area contributed by atoms with Crippen molar-refractivity contribution in [3.05, 3.63) is 47.5 Å². The molecule has 0 atom stereocenters. The third-order valence-corrected chi connectivity index (χ3v) is 3.50. The first-order valence-corrected chi connectivity index (χ1v) is 7.99. The molecule has 0 aliphatic carbocycles. The summed E-state index contributed by atoms with van der Waals surface area (Å²) < 4.78 is 21.1. The molecule has 0 unspecified atom stereocenters. The minimum Gasteiger partial charge on any atom is -0.494 e. The number of hydrogen-bond acceptors (Lipinski definition) is 6. The van der Waals surface area contributed by atoms with Gasteiger partial charge in [-0.3, -0.25) is 4.79 Å². The minimum absolute atomic E-state index is 0.336. The number of methoxy groups -OCH3 is 3. The van der Waals surface area contributed by atoms with Crippen LogP contribution >= 0.6 is 0 Å². The number of ether oxygens (including phenoxy) is 4. The fourth-order valence-corrected chi connectivity index (χ4v) is 2.26. The molecule has 7 heteroatoms. The molecule has 1 amide bonds. The molecule has 7 nitrogen and oxygen atoms in total. The summed E-state index contributed by atoms with van der Waals surface area (Å²) in [6, 6.07) is 10.5. The molecule has 2 aromatic carbocycles. The van der Waals surface area contributed by atoms with E-state index < -0.39 is 5.91 Å². The van der Waals surface area contributed by atoms with E-state index in [1.807, 2.05) is 31.2 Å². The average Bonchev–Trinajstić information content (AvgIpc) is 2.68. The van der Waals surface area contributed by atoms with E-state index in [9.17, 15) is 4.79 Å². The molecule has 0 bridgehead atoms. The lowest BCUT2D eigenvalue weighted by Crippen LogP contribution is -2.18. The highest BCUT2D eigenvalue weighted by Crippen LogP contribution is 2.38. The lowest BCUT2D eigenvalue weighted by molar-refractivity contribution is 0.0954. The van der Waals surface area contributed by atoms with Crippen molar-refractivity contribution in [2.75, 3.05) is 27.9 Å². The summed E-state index contributed by atoms with van der Waals surface area (Å²) in [5.74, 6) is 1.60. The van der Waals surface area contributed by atoms with Crippen molar-refractivity contribution in [2.24, 2.45) is 5.10 Å². The Morgan fingerprint density at radius 2 is 1.65 bits per heavy atom. The zero-order chi connectivity index (χ0) is 18.9. The molecule has 0 fully saturated rings. The second-order valence-electron chi connectivity index (χ2n) is 5.12. The van der Waals surface area contributed by atoms with Crippen molar-refractivity contribution in [1.29, 1.82) is 0 Å². The molecule has 138 valence electrons. The molecule has 0 aromatic heterocycles. The van der Waals surface area contributed by atoms with Crippen LogP contribution in [0.1, 0.15) is 22.8 Å². The quantitative estimate of drug-likeness (QED) is 0.580. The van der Waals surface area contributed by atoms with Gasteiger partial charge in [0.2, 0.25) is 5.75 Å². The summed E-state index contributed by atoms with van der Waals surface area (Å²) in [5.41, 5.74) is 3.64. The summed E-state index contributed by atoms with van der Waals surface area (Å²) in [6.07, 6.45) is 1.55. The van der Waals surface area contributed by atoms with E-state index in [-0.39, 0.29) is 0 Å². The third-order valence-electron chi connectivity index (χ3n) is 3.50. The molecule has 0 aliphatic heterocycles. The van der Waals surface area contributed by atoms with Crippen LogP contribution in [-0.4, -0.2) is 40.1 Å². The number of hydrazone groups is 1. The number of rotatable bonds is 8. The molecule has 0 radical (unpaired) electrons. The van der Waals surface area contributed by atoms with Crippen LogP contribution in [0, 0.1) is 0 Å². The largest absolute Gasteiger partial charge is 0.494 e. The van der Waals surface area contributed by atoms with E-state index >= 15 is 0 Å². The van der Waals surface area contributed by atoms with Gasteiger partial charge in [-0.05, 0) is 48.9 Å². The third kappa shape index (κ3) is 4.66. The predicted molar refractivity (Wildman–Crippen MR) is 98.8 cm³/mol. The van der Waals surface area contributed by atoms with Crippen molar-refractivity contribution in [3.63, 3.8) is 0 Å². The Labute approximate surface area is 152 Å². The number of benzene rings is 2. The monoisotopic (exact) mass is 358 g/mol. The highest BCUT2D eigenvalue weighted by atomic mass is 16.5. The van der Waals surface area contributed by atoms with Crippen LogP contribution in [-0.2, 0) is 0 Å². The Morgan fingerprint density at radius 3 is 2.15 bits per heavy atom. The van der Waals surface area contributed by atoms with Crippen LogP contribution in [0.4, 0.5) is 0 Å². The van der Waals surface area contributed by atoms with Gasteiger partial charge in [-0.15, -0.1) is 0 Å². The second-order valence-corrected chi connectivity index (χ2v) is 5.12. The molecule has 0 saturated heterocycles. The first-order valence-electron chi connectivity index (χ1n) is 7.99. The van der Waals surface area contributed by atoms with E-state index in [0.717, 1.165) is 11.3 Å². The van der Waals surface area contributed by atoms with Crippen LogP contribution in [0.3, 0.4) is 0 Å². The van der Waals surface area contributed by atoms with E-state index in [2.05, 4.69) is 10.5 Å². The van der Waals surface area contributed by atoms with Gasteiger partial charge in [-0.1, -0.05) is 0 Å². The molecule has 2 rings (SSSR count). The fraction of sp³-hybridized carbons (Fsp3) is 0.263. The zero-order valence-electron chi connectivity index (χ0n) is 15.2. The van der Waals surface area contributed by atoms with Crippen molar-refractivity contribution in [1.82, 2.24) is 5.43 Å². The Hall–Kier alpha value is -3.22. The van der Waals surface area contributed by atoms with E-state index in [4.69, 9.17) is 18.9 Å². The number of hydrogen-bond donors (Lipinski definition) is 1. The first-order chi connectivity index (χ1) is 12.6. The molecule has 0 aliphatic rings. The van der Waals surface area contributed by atoms with Gasteiger partial charge in [0.25, 0.3) is 5.91 Å². The second kappa shape index (κ2) is 9.31. The van der Waals surface area contributed by atoms with Crippen molar-refractivity contribution in [2.45, 2.75) is 6.92 Å². The minimum atomic E-state index is -0.397. The van der Waals surface area contributed by atoms with Crippen molar-refractivity contribution < 1.29 is 23.7 Å². The number of nitrogens with zero attached hydrogens (tertiary/aromatic N) is 1. The van der Waals surface area contributed by atoms with Crippen molar-refractivity contribution >= 4 is 12.1 Å². The fourth-order valence-electron chi connectivity index (χ4n) is 2.26. The van der Waals surface area contributed by atoms with Crippen LogP contribution in [0.2, 0.25) is 0 Å². The Bertz CT molecular complexity index is 747. The SMILES string of the molecule is CCOc1ccc(C=NNC(=O)c2cc(OC)c(OC)c(OC)c2)cc1. The van der Waals surface area contributed by atoms with Crippen LogP contribution < -0.4 is 24.4 Å². The van der Waals surface area contributed by atoms with Gasteiger partial charge < -0.3 is 18.9 Å². The Morgan fingerprint density at radius 1 is 1.04 bits per heavy atom. The van der Waals surface area contributed by atoms with Gasteiger partial charge in [-0.2, -0.15) is 5.10 Å². The standard InChI is InChI=1S/C19H22N2O5/c1-5-26-15-8-6-13(7-9-15)12-20-21-19(22)14-10-16(23-2)18(25-4)17(11-14)24-3/h6-12H,5H2,1-4H3,(H,21,22). The maximum Gasteiger partial charge on any atom is 0.271 e. The lowest BCUT2D eigenvalue weighted by Gasteiger charge is -2.13. The maximum atomic E-state index is 12.3. The molecule has 2 aromatic rings. The predicted octanol–water partition coefficient (Wildman–Crippen LogP) is 2.88. The molecular weight excluding hydrogens is 336 g/mol. The van der Waals surface area contributed by atoms with Gasteiger partial charge in [0.1, 0.15) is 5.75 Å². The maximum absolute atomic E-state index is 12.3. The number of amides is 1. The summed E-state index contributed by atoms with van der Waals surface area (Å²) >= 11 is 0. The number of carbonyl (C=O) groups excluding carboxylic acids is 1. The number of nitrogens with one attached hydrogen (secondary N) is 1. The zero-order valence-corrected chi connectivity index (χ0v) is 15.2. The van der Waals surface area contributed by atoms with Gasteiger partial charge in [-0.25, -0.2) is 5.43 Å². The van der Waals surface area contributed by atoms with E-state index in [1.165, 1.54) is 21.3 Å². The van der Waals surface area contributed by atoms with Gasteiger partial charge in [0.15, 0.2) is 11.5 Å². The highest BCUT2D eigenvalue weighted by Gasteiger charge is 2.16. The first kappa shape index (κ1) is 19.1. The lowest BCUT2D eigenvalue weighted by atomic mass is 10.1. The van der Waals surface area contributed by atoms with E-state index in [1.54, 1.807) is 18.3 Å². The number of carbonyl (C=O) groups is 1. The molecule has 0 heterocycles. The van der Waals surface area contributed by atoms with Crippen molar-refractivity contribution in [3.8, 4) is 23.0 Å². The average molecular weight is 358 g/mol. The smallest absolute Gasteiger partial charge is 0.271 e. The normalized spacial score (nSPS) is 10.5. The summed E-state index contributed by atoms with van der Waals surface area (Å²) in [4.78, 5) is 12.3. The molecule has 1 N–H and O–H groups in total. The summed E-state index contributed by atoms with van der Waals surface area (Å²) in [6.45, 7) is 2.53. The van der Waals surface area contributed by atoms with Crippen LogP contribution in [0.5, 0.6) is 23.0 Å². The molecule has 0 saturated carbocycles.